The maximum atomic E-state index is 13.1. The van der Waals surface area contributed by atoms with Crippen LogP contribution in [0.5, 0.6) is 11.5 Å². The second kappa shape index (κ2) is 8.76. The summed E-state index contributed by atoms with van der Waals surface area (Å²) in [5.74, 6) is 1.34. The molecule has 1 aliphatic heterocycles. The number of nitrogens with zero attached hydrogens (tertiary/aromatic N) is 3. The Hall–Kier alpha value is -3.17. The largest absolute Gasteiger partial charge is 0.586 e. The van der Waals surface area contributed by atoms with Gasteiger partial charge in [0, 0.05) is 44.0 Å². The van der Waals surface area contributed by atoms with E-state index >= 15 is 0 Å². The summed E-state index contributed by atoms with van der Waals surface area (Å²) in [6.07, 6.45) is 1.95. The van der Waals surface area contributed by atoms with Crippen LogP contribution in [0.25, 0.3) is 0 Å². The lowest BCUT2D eigenvalue weighted by atomic mass is 9.86. The van der Waals surface area contributed by atoms with Gasteiger partial charge in [0.1, 0.15) is 5.82 Å². The third-order valence-electron chi connectivity index (χ3n) is 5.76. The van der Waals surface area contributed by atoms with Crippen LogP contribution in [0, 0.1) is 12.8 Å². The molecule has 1 fully saturated rings. The first-order valence-electron chi connectivity index (χ1n) is 10.7. The van der Waals surface area contributed by atoms with Gasteiger partial charge in [-0.25, -0.2) is 4.98 Å². The molecule has 0 saturated heterocycles. The van der Waals surface area contributed by atoms with Crippen LogP contribution in [0.15, 0.2) is 24.4 Å². The number of benzene rings is 1. The fourth-order valence-electron chi connectivity index (χ4n) is 4.08. The van der Waals surface area contributed by atoms with Crippen LogP contribution < -0.4 is 25.0 Å². The van der Waals surface area contributed by atoms with Crippen molar-refractivity contribution in [1.82, 2.24) is 15.3 Å². The second-order valence-corrected chi connectivity index (χ2v) is 8.50. The Morgan fingerprint density at radius 1 is 1.19 bits per heavy atom. The van der Waals surface area contributed by atoms with E-state index in [1.807, 2.05) is 32.1 Å². The van der Waals surface area contributed by atoms with Crippen molar-refractivity contribution in [3.8, 4) is 11.5 Å². The number of fused-ring (bicyclic) bond motifs is 1. The molecule has 1 amide bonds. The first-order valence-corrected chi connectivity index (χ1v) is 10.7. The van der Waals surface area contributed by atoms with E-state index in [0.29, 0.717) is 18.4 Å². The number of carbonyl (C=O) groups excluding carboxylic acids is 1. The average Bonchev–Trinajstić information content (AvgIpc) is 3.07. The molecule has 2 heterocycles. The van der Waals surface area contributed by atoms with Gasteiger partial charge in [-0.3, -0.25) is 4.79 Å². The van der Waals surface area contributed by atoms with E-state index in [1.165, 1.54) is 18.2 Å². The normalized spacial score (nSPS) is 21.2. The van der Waals surface area contributed by atoms with Gasteiger partial charge >= 0.3 is 6.29 Å². The minimum Gasteiger partial charge on any atom is -0.395 e. The number of anilines is 2. The Labute approximate surface area is 185 Å². The molecule has 8 nitrogen and oxygen atoms in total. The Bertz CT molecular complexity index is 994. The lowest BCUT2D eigenvalue weighted by Crippen LogP contribution is -2.34. The molecule has 0 unspecified atom stereocenters. The van der Waals surface area contributed by atoms with Crippen LogP contribution in [0.3, 0.4) is 0 Å². The molecule has 1 saturated carbocycles. The van der Waals surface area contributed by atoms with Crippen LogP contribution in [0.2, 0.25) is 0 Å². The number of aromatic nitrogens is 2. The number of aryl methyl sites for hydroxylation is 1. The highest BCUT2D eigenvalue weighted by Crippen LogP contribution is 2.41. The topological polar surface area (TPSA) is 88.6 Å². The monoisotopic (exact) mass is 447 g/mol. The van der Waals surface area contributed by atoms with Gasteiger partial charge in [-0.05, 0) is 56.7 Å². The molecule has 4 rings (SSSR count). The maximum Gasteiger partial charge on any atom is 0.586 e. The highest BCUT2D eigenvalue weighted by atomic mass is 19.3. The summed E-state index contributed by atoms with van der Waals surface area (Å²) in [6, 6.07) is 4.33. The first kappa shape index (κ1) is 22.0. The standard InChI is InChI=1S/C22H27F2N5O3/c1-13-11-26-21(28-19(13)29(2)3)27-16-7-4-14(5-8-16)12-25-20(30)15-6-9-17-18(10-15)32-22(23,24)31-17/h6,9-11,14,16H,4-5,7-8,12H2,1-3H3,(H,25,30)(H,26,27,28)/t14-,16+. The number of amides is 1. The van der Waals surface area contributed by atoms with Gasteiger partial charge in [0.05, 0.1) is 0 Å². The van der Waals surface area contributed by atoms with Crippen LogP contribution in [0.1, 0.15) is 41.6 Å². The number of nitrogens with one attached hydrogen (secondary N) is 2. The minimum atomic E-state index is -3.69. The molecule has 0 bridgehead atoms. The number of halogens is 2. The van der Waals surface area contributed by atoms with Gasteiger partial charge in [-0.1, -0.05) is 0 Å². The molecular weight excluding hydrogens is 420 g/mol. The second-order valence-electron chi connectivity index (χ2n) is 8.50. The summed E-state index contributed by atoms with van der Waals surface area (Å²) >= 11 is 0. The zero-order chi connectivity index (χ0) is 22.9. The van der Waals surface area contributed by atoms with E-state index in [0.717, 1.165) is 37.1 Å². The van der Waals surface area contributed by atoms with Gasteiger partial charge in [0.15, 0.2) is 11.5 Å². The highest BCUT2D eigenvalue weighted by molar-refractivity contribution is 5.94. The van der Waals surface area contributed by atoms with E-state index in [4.69, 9.17) is 0 Å². The molecular formula is C22H27F2N5O3. The molecule has 0 radical (unpaired) electrons. The molecule has 10 heteroatoms. The predicted molar refractivity (Wildman–Crippen MR) is 115 cm³/mol. The van der Waals surface area contributed by atoms with Crippen molar-refractivity contribution in [3.63, 3.8) is 0 Å². The van der Waals surface area contributed by atoms with Crippen LogP contribution in [-0.2, 0) is 0 Å². The number of rotatable bonds is 6. The predicted octanol–water partition coefficient (Wildman–Crippen LogP) is 3.57. The molecule has 32 heavy (non-hydrogen) atoms. The smallest absolute Gasteiger partial charge is 0.395 e. The van der Waals surface area contributed by atoms with Crippen molar-refractivity contribution < 1.29 is 23.0 Å². The Kier molecular flexibility index (Phi) is 6.03. The zero-order valence-corrected chi connectivity index (χ0v) is 18.3. The molecule has 2 N–H and O–H groups in total. The van der Waals surface area contributed by atoms with Crippen molar-refractivity contribution in [1.29, 1.82) is 0 Å². The van der Waals surface area contributed by atoms with Gasteiger partial charge in [0.25, 0.3) is 5.91 Å². The van der Waals surface area contributed by atoms with Crippen molar-refractivity contribution in [2.24, 2.45) is 5.92 Å². The Morgan fingerprint density at radius 3 is 2.62 bits per heavy atom. The van der Waals surface area contributed by atoms with E-state index in [1.54, 1.807) is 0 Å². The summed E-state index contributed by atoms with van der Waals surface area (Å²) in [7, 11) is 3.91. The average molecular weight is 447 g/mol. The molecule has 1 aromatic heterocycles. The molecule has 2 aromatic rings. The van der Waals surface area contributed by atoms with Gasteiger partial charge in [-0.15, -0.1) is 8.78 Å². The molecule has 1 aromatic carbocycles. The fourth-order valence-corrected chi connectivity index (χ4v) is 4.08. The summed E-state index contributed by atoms with van der Waals surface area (Å²) in [5, 5.41) is 6.32. The molecule has 0 spiro atoms. The van der Waals surface area contributed by atoms with Crippen LogP contribution in [0.4, 0.5) is 20.5 Å². The van der Waals surface area contributed by atoms with E-state index in [2.05, 4.69) is 30.1 Å². The van der Waals surface area contributed by atoms with Crippen LogP contribution in [-0.4, -0.2) is 48.9 Å². The van der Waals surface area contributed by atoms with Crippen molar-refractivity contribution in [2.75, 3.05) is 30.9 Å². The van der Waals surface area contributed by atoms with Gasteiger partial charge < -0.3 is 25.0 Å². The van der Waals surface area contributed by atoms with E-state index in [9.17, 15) is 13.6 Å². The van der Waals surface area contributed by atoms with Crippen molar-refractivity contribution in [3.05, 3.63) is 35.5 Å². The summed E-state index contributed by atoms with van der Waals surface area (Å²) in [5.41, 5.74) is 1.28. The maximum absolute atomic E-state index is 13.1. The first-order chi connectivity index (χ1) is 15.2. The number of hydrogen-bond donors (Lipinski definition) is 2. The molecule has 172 valence electrons. The van der Waals surface area contributed by atoms with Crippen molar-refractivity contribution in [2.45, 2.75) is 44.9 Å². The van der Waals surface area contributed by atoms with Crippen molar-refractivity contribution >= 4 is 17.7 Å². The fraction of sp³-hybridized carbons (Fsp3) is 0.500. The van der Waals surface area contributed by atoms with Crippen LogP contribution >= 0.6 is 0 Å². The quantitative estimate of drug-likeness (QED) is 0.700. The zero-order valence-electron chi connectivity index (χ0n) is 18.3. The SMILES string of the molecule is Cc1cnc(N[C@H]2CC[C@@H](CNC(=O)c3ccc4c(c3)OC(F)(F)O4)CC2)nc1N(C)C. The number of hydrogen-bond acceptors (Lipinski definition) is 7. The van der Waals surface area contributed by atoms with E-state index < -0.39 is 6.29 Å². The molecule has 0 atom stereocenters. The third-order valence-corrected chi connectivity index (χ3v) is 5.76. The Balaban J connectivity index is 1.24. The number of ether oxygens (including phenoxy) is 2. The van der Waals surface area contributed by atoms with E-state index in [-0.39, 0.29) is 29.0 Å². The Morgan fingerprint density at radius 2 is 1.91 bits per heavy atom. The summed E-state index contributed by atoms with van der Waals surface area (Å²) in [6.45, 7) is 2.51. The minimum absolute atomic E-state index is 0.0763. The lowest BCUT2D eigenvalue weighted by Gasteiger charge is -2.29. The summed E-state index contributed by atoms with van der Waals surface area (Å²) < 4.78 is 35.1. The number of carbonyl (C=O) groups is 1. The third kappa shape index (κ3) is 5.00. The molecule has 2 aliphatic rings. The highest BCUT2D eigenvalue weighted by Gasteiger charge is 2.43. The van der Waals surface area contributed by atoms with Gasteiger partial charge in [-0.2, -0.15) is 4.98 Å². The lowest BCUT2D eigenvalue weighted by molar-refractivity contribution is -0.286. The molecule has 1 aliphatic carbocycles. The number of alkyl halides is 2. The summed E-state index contributed by atoms with van der Waals surface area (Å²) in [4.78, 5) is 23.4. The van der Waals surface area contributed by atoms with Gasteiger partial charge in [0.2, 0.25) is 5.95 Å².